The summed E-state index contributed by atoms with van der Waals surface area (Å²) in [7, 11) is 0. The van der Waals surface area contributed by atoms with Crippen LogP contribution in [0.4, 0.5) is 5.82 Å². The fraction of sp³-hybridized carbons (Fsp3) is 0.571. The zero-order chi connectivity index (χ0) is 14.0. The molecule has 4 N–H and O–H groups in total. The quantitative estimate of drug-likeness (QED) is 0.852. The molecule has 2 atom stereocenters. The molecular formula is C14H22N4O. The Kier molecular flexibility index (Phi) is 4.04. The van der Waals surface area contributed by atoms with Crippen molar-refractivity contribution in [2.75, 3.05) is 18.0 Å². The number of anilines is 1. The molecule has 1 saturated heterocycles. The molecule has 1 aromatic rings. The number of nitrogens with zero attached hydrogens (tertiary/aromatic N) is 2. The minimum Gasteiger partial charge on any atom is -0.365 e. The minimum atomic E-state index is -0.413. The van der Waals surface area contributed by atoms with E-state index in [1.165, 1.54) is 0 Å². The Bertz CT molecular complexity index is 473. The van der Waals surface area contributed by atoms with Gasteiger partial charge >= 0.3 is 0 Å². The second kappa shape index (κ2) is 5.57. The van der Waals surface area contributed by atoms with Gasteiger partial charge in [-0.25, -0.2) is 4.98 Å². The molecule has 0 aliphatic carbocycles. The van der Waals surface area contributed by atoms with Crippen molar-refractivity contribution in [2.24, 2.45) is 17.4 Å². The van der Waals surface area contributed by atoms with Gasteiger partial charge in [0.25, 0.3) is 5.91 Å². The molecule has 0 saturated carbocycles. The molecular weight excluding hydrogens is 240 g/mol. The summed E-state index contributed by atoms with van der Waals surface area (Å²) in [6.45, 7) is 5.67. The molecule has 1 fully saturated rings. The standard InChI is InChI=1S/C14H22N4O/c1-9-5-6-17-14(12(9)13(16)19)18-7-3-4-11(8-18)10(2)15/h5-6,10-11H,3-4,7-8,15H2,1-2H3,(H2,16,19). The Labute approximate surface area is 114 Å². The fourth-order valence-electron chi connectivity index (χ4n) is 2.72. The third kappa shape index (κ3) is 2.87. The third-order valence-corrected chi connectivity index (χ3v) is 3.89. The highest BCUT2D eigenvalue weighted by Crippen LogP contribution is 2.27. The molecule has 5 nitrogen and oxygen atoms in total. The van der Waals surface area contributed by atoms with Gasteiger partial charge in [0.05, 0.1) is 5.56 Å². The summed E-state index contributed by atoms with van der Waals surface area (Å²) < 4.78 is 0. The number of hydrogen-bond donors (Lipinski definition) is 2. The van der Waals surface area contributed by atoms with E-state index in [-0.39, 0.29) is 6.04 Å². The Morgan fingerprint density at radius 2 is 2.32 bits per heavy atom. The maximum Gasteiger partial charge on any atom is 0.252 e. The third-order valence-electron chi connectivity index (χ3n) is 3.89. The molecule has 0 spiro atoms. The van der Waals surface area contributed by atoms with Crippen LogP contribution in [0.3, 0.4) is 0 Å². The molecule has 1 amide bonds. The molecule has 0 bridgehead atoms. The zero-order valence-corrected chi connectivity index (χ0v) is 11.6. The highest BCUT2D eigenvalue weighted by Gasteiger charge is 2.26. The first-order valence-corrected chi connectivity index (χ1v) is 6.76. The average Bonchev–Trinajstić information content (AvgIpc) is 2.38. The van der Waals surface area contributed by atoms with Crippen LogP contribution < -0.4 is 16.4 Å². The summed E-state index contributed by atoms with van der Waals surface area (Å²) in [6, 6.07) is 1.97. The van der Waals surface area contributed by atoms with Gasteiger partial charge in [-0.05, 0) is 44.2 Å². The second-order valence-corrected chi connectivity index (χ2v) is 5.40. The largest absolute Gasteiger partial charge is 0.365 e. The number of amides is 1. The number of carbonyl (C=O) groups excluding carboxylic acids is 1. The van der Waals surface area contributed by atoms with Gasteiger partial charge < -0.3 is 16.4 Å². The summed E-state index contributed by atoms with van der Waals surface area (Å²) in [5, 5.41) is 0. The van der Waals surface area contributed by atoms with Crippen molar-refractivity contribution in [3.63, 3.8) is 0 Å². The molecule has 2 heterocycles. The van der Waals surface area contributed by atoms with Crippen LogP contribution in [0.25, 0.3) is 0 Å². The number of aryl methyl sites for hydroxylation is 1. The number of carbonyl (C=O) groups is 1. The van der Waals surface area contributed by atoms with E-state index < -0.39 is 5.91 Å². The SMILES string of the molecule is Cc1ccnc(N2CCCC(C(C)N)C2)c1C(N)=O. The van der Waals surface area contributed by atoms with Crippen LogP contribution in [0.15, 0.2) is 12.3 Å². The average molecular weight is 262 g/mol. The molecule has 1 aliphatic heterocycles. The normalized spacial score (nSPS) is 21.2. The van der Waals surface area contributed by atoms with Crippen molar-refractivity contribution in [2.45, 2.75) is 32.7 Å². The van der Waals surface area contributed by atoms with Gasteiger partial charge in [-0.3, -0.25) is 4.79 Å². The van der Waals surface area contributed by atoms with Crippen molar-refractivity contribution in [3.05, 3.63) is 23.4 Å². The van der Waals surface area contributed by atoms with Gasteiger partial charge in [-0.15, -0.1) is 0 Å². The molecule has 0 aromatic carbocycles. The monoisotopic (exact) mass is 262 g/mol. The van der Waals surface area contributed by atoms with E-state index in [4.69, 9.17) is 11.5 Å². The van der Waals surface area contributed by atoms with Crippen LogP contribution in [0.1, 0.15) is 35.7 Å². The fourth-order valence-corrected chi connectivity index (χ4v) is 2.72. The number of piperidine rings is 1. The minimum absolute atomic E-state index is 0.157. The zero-order valence-electron chi connectivity index (χ0n) is 11.6. The molecule has 0 radical (unpaired) electrons. The van der Waals surface area contributed by atoms with Gasteiger partial charge in [-0.2, -0.15) is 0 Å². The molecule has 19 heavy (non-hydrogen) atoms. The molecule has 1 aliphatic rings. The summed E-state index contributed by atoms with van der Waals surface area (Å²) >= 11 is 0. The van der Waals surface area contributed by atoms with Crippen LogP contribution >= 0.6 is 0 Å². The number of aromatic nitrogens is 1. The predicted molar refractivity (Wildman–Crippen MR) is 76.1 cm³/mol. The van der Waals surface area contributed by atoms with Crippen molar-refractivity contribution < 1.29 is 4.79 Å². The first-order chi connectivity index (χ1) is 9.00. The van der Waals surface area contributed by atoms with E-state index in [2.05, 4.69) is 9.88 Å². The Balaban J connectivity index is 2.31. The molecule has 5 heteroatoms. The highest BCUT2D eigenvalue weighted by molar-refractivity contribution is 5.99. The van der Waals surface area contributed by atoms with E-state index in [0.29, 0.717) is 17.3 Å². The van der Waals surface area contributed by atoms with Gasteiger partial charge in [0, 0.05) is 25.3 Å². The van der Waals surface area contributed by atoms with Crippen LogP contribution in [-0.2, 0) is 0 Å². The summed E-state index contributed by atoms with van der Waals surface area (Å²) in [4.78, 5) is 18.1. The number of hydrogen-bond acceptors (Lipinski definition) is 4. The number of primary amides is 1. The van der Waals surface area contributed by atoms with E-state index in [9.17, 15) is 4.79 Å². The number of pyridine rings is 1. The summed E-state index contributed by atoms with van der Waals surface area (Å²) in [5.41, 5.74) is 12.9. The Morgan fingerprint density at radius 1 is 1.58 bits per heavy atom. The van der Waals surface area contributed by atoms with Crippen LogP contribution in [-0.4, -0.2) is 30.0 Å². The van der Waals surface area contributed by atoms with Crippen LogP contribution in [0, 0.1) is 12.8 Å². The highest BCUT2D eigenvalue weighted by atomic mass is 16.1. The summed E-state index contributed by atoms with van der Waals surface area (Å²) in [6.07, 6.45) is 3.93. The Hall–Kier alpha value is -1.62. The van der Waals surface area contributed by atoms with Crippen molar-refractivity contribution >= 4 is 11.7 Å². The van der Waals surface area contributed by atoms with Crippen molar-refractivity contribution in [3.8, 4) is 0 Å². The number of nitrogens with two attached hydrogens (primary N) is 2. The van der Waals surface area contributed by atoms with Gasteiger partial charge in [-0.1, -0.05) is 0 Å². The van der Waals surface area contributed by atoms with Gasteiger partial charge in [0.15, 0.2) is 0 Å². The lowest BCUT2D eigenvalue weighted by molar-refractivity contribution is 0.0999. The van der Waals surface area contributed by atoms with E-state index in [0.717, 1.165) is 31.5 Å². The first-order valence-electron chi connectivity index (χ1n) is 6.76. The lowest BCUT2D eigenvalue weighted by Crippen LogP contribution is -2.43. The number of rotatable bonds is 3. The van der Waals surface area contributed by atoms with Crippen molar-refractivity contribution in [1.29, 1.82) is 0 Å². The Morgan fingerprint density at radius 3 is 2.95 bits per heavy atom. The van der Waals surface area contributed by atoms with E-state index >= 15 is 0 Å². The molecule has 2 rings (SSSR count). The predicted octanol–water partition coefficient (Wildman–Crippen LogP) is 1.05. The first kappa shape index (κ1) is 13.8. The maximum atomic E-state index is 11.6. The molecule has 2 unspecified atom stereocenters. The molecule has 104 valence electrons. The lowest BCUT2D eigenvalue weighted by atomic mass is 9.92. The lowest BCUT2D eigenvalue weighted by Gasteiger charge is -2.36. The van der Waals surface area contributed by atoms with Crippen LogP contribution in [0.5, 0.6) is 0 Å². The summed E-state index contributed by atoms with van der Waals surface area (Å²) in [5.74, 6) is 0.734. The topological polar surface area (TPSA) is 85.2 Å². The van der Waals surface area contributed by atoms with E-state index in [1.54, 1.807) is 6.20 Å². The van der Waals surface area contributed by atoms with E-state index in [1.807, 2.05) is 19.9 Å². The second-order valence-electron chi connectivity index (χ2n) is 5.40. The van der Waals surface area contributed by atoms with Gasteiger partial charge in [0.1, 0.15) is 5.82 Å². The molecule has 1 aromatic heterocycles. The van der Waals surface area contributed by atoms with Crippen LogP contribution in [0.2, 0.25) is 0 Å². The maximum absolute atomic E-state index is 11.6. The van der Waals surface area contributed by atoms with Crippen molar-refractivity contribution in [1.82, 2.24) is 4.98 Å². The van der Waals surface area contributed by atoms with Gasteiger partial charge in [0.2, 0.25) is 0 Å². The smallest absolute Gasteiger partial charge is 0.252 e.